The van der Waals surface area contributed by atoms with Gasteiger partial charge in [0.05, 0.1) is 0 Å². The highest BCUT2D eigenvalue weighted by atomic mass is 16.2. The van der Waals surface area contributed by atoms with Gasteiger partial charge in [-0.05, 0) is 31.1 Å². The summed E-state index contributed by atoms with van der Waals surface area (Å²) in [5, 5.41) is 2.89. The summed E-state index contributed by atoms with van der Waals surface area (Å²) >= 11 is 0. The molecule has 0 aromatic carbocycles. The molecule has 2 fully saturated rings. The lowest BCUT2D eigenvalue weighted by molar-refractivity contribution is -0.152. The predicted octanol–water partition coefficient (Wildman–Crippen LogP) is 1.94. The fourth-order valence-corrected chi connectivity index (χ4v) is 3.08. The Bertz CT molecular complexity index is 386. The maximum absolute atomic E-state index is 12.7. The quantitative estimate of drug-likeness (QED) is 0.848. The van der Waals surface area contributed by atoms with Crippen molar-refractivity contribution in [3.63, 3.8) is 0 Å². The zero-order valence-electron chi connectivity index (χ0n) is 12.7. The molecular formula is C15H26N2O2. The van der Waals surface area contributed by atoms with Gasteiger partial charge in [-0.2, -0.15) is 0 Å². The van der Waals surface area contributed by atoms with Gasteiger partial charge in [0.1, 0.15) is 12.1 Å². The van der Waals surface area contributed by atoms with Crippen LogP contribution < -0.4 is 5.32 Å². The van der Waals surface area contributed by atoms with E-state index in [-0.39, 0.29) is 29.3 Å². The van der Waals surface area contributed by atoms with Crippen LogP contribution in [0.3, 0.4) is 0 Å². The maximum atomic E-state index is 12.7. The number of hydrogen-bond acceptors (Lipinski definition) is 2. The first-order valence-corrected chi connectivity index (χ1v) is 7.40. The van der Waals surface area contributed by atoms with Crippen LogP contribution in [0, 0.1) is 11.3 Å². The van der Waals surface area contributed by atoms with E-state index in [4.69, 9.17) is 0 Å². The third-order valence-electron chi connectivity index (χ3n) is 4.35. The largest absolute Gasteiger partial charge is 0.342 e. The van der Waals surface area contributed by atoms with Gasteiger partial charge in [0.2, 0.25) is 11.8 Å². The van der Waals surface area contributed by atoms with Crippen molar-refractivity contribution < 1.29 is 9.59 Å². The van der Waals surface area contributed by atoms with Crippen LogP contribution in [-0.4, -0.2) is 34.8 Å². The number of nitrogens with one attached hydrogen (secondary N) is 1. The highest BCUT2D eigenvalue weighted by Crippen LogP contribution is 2.42. The number of piperazine rings is 1. The van der Waals surface area contributed by atoms with Gasteiger partial charge in [0.15, 0.2) is 0 Å². The average Bonchev–Trinajstić information content (AvgIpc) is 3.02. The van der Waals surface area contributed by atoms with Crippen molar-refractivity contribution in [2.45, 2.75) is 72.0 Å². The molecule has 4 unspecified atom stereocenters. The molecule has 1 aliphatic carbocycles. The second-order valence-electron chi connectivity index (χ2n) is 7.08. The molecule has 4 nitrogen and oxygen atoms in total. The van der Waals surface area contributed by atoms with Gasteiger partial charge in [0, 0.05) is 6.04 Å². The van der Waals surface area contributed by atoms with E-state index < -0.39 is 0 Å². The second-order valence-corrected chi connectivity index (χ2v) is 7.08. The van der Waals surface area contributed by atoms with Crippen LogP contribution >= 0.6 is 0 Å². The van der Waals surface area contributed by atoms with E-state index in [9.17, 15) is 9.59 Å². The number of amides is 2. The molecule has 108 valence electrons. The highest BCUT2D eigenvalue weighted by Gasteiger charge is 2.52. The molecule has 4 heteroatoms. The van der Waals surface area contributed by atoms with Gasteiger partial charge < -0.3 is 10.2 Å². The van der Waals surface area contributed by atoms with Crippen LogP contribution in [0.2, 0.25) is 0 Å². The molecule has 2 rings (SSSR count). The first-order valence-electron chi connectivity index (χ1n) is 7.40. The molecule has 19 heavy (non-hydrogen) atoms. The first-order chi connectivity index (χ1) is 8.77. The lowest BCUT2D eigenvalue weighted by atomic mass is 9.84. The molecule has 0 bridgehead atoms. The van der Waals surface area contributed by atoms with Crippen LogP contribution in [0.15, 0.2) is 0 Å². The van der Waals surface area contributed by atoms with Crippen LogP contribution in [-0.2, 0) is 9.59 Å². The number of carbonyl (C=O) groups is 2. The summed E-state index contributed by atoms with van der Waals surface area (Å²) < 4.78 is 0. The fourth-order valence-electron chi connectivity index (χ4n) is 3.08. The Balaban J connectivity index is 2.16. The summed E-state index contributed by atoms with van der Waals surface area (Å²) in [5.74, 6) is 0.688. The summed E-state index contributed by atoms with van der Waals surface area (Å²) in [7, 11) is 0. The molecule has 2 amide bonds. The van der Waals surface area contributed by atoms with Gasteiger partial charge in [0.25, 0.3) is 0 Å². The molecule has 1 N–H and O–H groups in total. The molecule has 0 spiro atoms. The number of carbonyl (C=O) groups excluding carboxylic acids is 2. The maximum Gasteiger partial charge on any atom is 0.246 e. The predicted molar refractivity (Wildman–Crippen MR) is 74.5 cm³/mol. The lowest BCUT2D eigenvalue weighted by Crippen LogP contribution is -2.66. The molecule has 0 aromatic rings. The lowest BCUT2D eigenvalue weighted by Gasteiger charge is -2.42. The van der Waals surface area contributed by atoms with E-state index in [0.29, 0.717) is 12.0 Å². The molecule has 2 aliphatic rings. The van der Waals surface area contributed by atoms with E-state index in [2.05, 4.69) is 12.2 Å². The molecule has 1 saturated carbocycles. The molecule has 1 aliphatic heterocycles. The Kier molecular flexibility index (Phi) is 3.63. The van der Waals surface area contributed by atoms with Crippen molar-refractivity contribution in [1.82, 2.24) is 10.2 Å². The summed E-state index contributed by atoms with van der Waals surface area (Å²) in [4.78, 5) is 26.6. The van der Waals surface area contributed by atoms with Crippen molar-refractivity contribution in [2.75, 3.05) is 0 Å². The zero-order valence-corrected chi connectivity index (χ0v) is 12.7. The molecular weight excluding hydrogens is 240 g/mol. The molecule has 1 heterocycles. The number of rotatable bonds is 3. The molecule has 0 aromatic heterocycles. The van der Waals surface area contributed by atoms with Crippen molar-refractivity contribution in [3.05, 3.63) is 0 Å². The zero-order chi connectivity index (χ0) is 14.4. The third-order valence-corrected chi connectivity index (χ3v) is 4.35. The molecule has 0 radical (unpaired) electrons. The monoisotopic (exact) mass is 266 g/mol. The van der Waals surface area contributed by atoms with E-state index in [0.717, 1.165) is 19.3 Å². The van der Waals surface area contributed by atoms with Gasteiger partial charge >= 0.3 is 0 Å². The SMILES string of the molecule is CCCC1CC1N1C(=O)C(C(C)(C)C)NC(=O)C1C. The Morgan fingerprint density at radius 2 is 1.95 bits per heavy atom. The Morgan fingerprint density at radius 3 is 2.47 bits per heavy atom. The van der Waals surface area contributed by atoms with Gasteiger partial charge in [-0.1, -0.05) is 34.1 Å². The molecule has 1 saturated heterocycles. The molecule has 4 atom stereocenters. The number of hydrogen-bond donors (Lipinski definition) is 1. The summed E-state index contributed by atoms with van der Waals surface area (Å²) in [6.07, 6.45) is 3.36. The summed E-state index contributed by atoms with van der Waals surface area (Å²) in [6.45, 7) is 10.0. The van der Waals surface area contributed by atoms with Crippen molar-refractivity contribution in [2.24, 2.45) is 11.3 Å². The summed E-state index contributed by atoms with van der Waals surface area (Å²) in [5.41, 5.74) is -0.236. The average molecular weight is 266 g/mol. The standard InChI is InChI=1S/C15H26N2O2/c1-6-7-10-8-11(10)17-9(2)13(18)16-12(14(17)19)15(3,4)5/h9-12H,6-8H2,1-5H3,(H,16,18). The van der Waals surface area contributed by atoms with Crippen molar-refractivity contribution >= 4 is 11.8 Å². The minimum Gasteiger partial charge on any atom is -0.342 e. The van der Waals surface area contributed by atoms with Crippen LogP contribution in [0.4, 0.5) is 0 Å². The Labute approximate surface area is 115 Å². The van der Waals surface area contributed by atoms with Gasteiger partial charge in [-0.25, -0.2) is 0 Å². The van der Waals surface area contributed by atoms with E-state index >= 15 is 0 Å². The highest BCUT2D eigenvalue weighted by molar-refractivity contribution is 5.97. The van der Waals surface area contributed by atoms with Crippen molar-refractivity contribution in [3.8, 4) is 0 Å². The normalized spacial score (nSPS) is 35.3. The topological polar surface area (TPSA) is 49.4 Å². The third kappa shape index (κ3) is 2.63. The minimum absolute atomic E-state index is 0.0123. The van der Waals surface area contributed by atoms with Gasteiger partial charge in [-0.15, -0.1) is 0 Å². The van der Waals surface area contributed by atoms with Crippen LogP contribution in [0.5, 0.6) is 0 Å². The minimum atomic E-state index is -0.390. The van der Waals surface area contributed by atoms with Crippen LogP contribution in [0.1, 0.15) is 53.9 Å². The summed E-state index contributed by atoms with van der Waals surface area (Å²) in [6, 6.07) is -0.421. The second kappa shape index (κ2) is 4.80. The van der Waals surface area contributed by atoms with Crippen LogP contribution in [0.25, 0.3) is 0 Å². The first kappa shape index (κ1) is 14.4. The van der Waals surface area contributed by atoms with E-state index in [1.165, 1.54) is 0 Å². The smallest absolute Gasteiger partial charge is 0.246 e. The van der Waals surface area contributed by atoms with E-state index in [1.807, 2.05) is 32.6 Å². The van der Waals surface area contributed by atoms with Crippen molar-refractivity contribution in [1.29, 1.82) is 0 Å². The number of nitrogens with zero attached hydrogens (tertiary/aromatic N) is 1. The fraction of sp³-hybridized carbons (Fsp3) is 0.867. The Hall–Kier alpha value is -1.06. The van der Waals surface area contributed by atoms with Gasteiger partial charge in [-0.3, -0.25) is 9.59 Å². The van der Waals surface area contributed by atoms with E-state index in [1.54, 1.807) is 0 Å². The Morgan fingerprint density at radius 1 is 1.32 bits per heavy atom.